The highest BCUT2D eigenvalue weighted by molar-refractivity contribution is 4.94. The van der Waals surface area contributed by atoms with Gasteiger partial charge in [0.05, 0.1) is 0 Å². The SMILES string of the molecule is CCCN1C(C)C1C. The highest BCUT2D eigenvalue weighted by Crippen LogP contribution is 2.26. The van der Waals surface area contributed by atoms with Gasteiger partial charge in [-0.15, -0.1) is 0 Å². The molecule has 0 aliphatic carbocycles. The maximum atomic E-state index is 2.51. The summed E-state index contributed by atoms with van der Waals surface area (Å²) in [6.07, 6.45) is 1.30. The number of nitrogens with zero attached hydrogens (tertiary/aromatic N) is 1. The van der Waals surface area contributed by atoms with E-state index in [1.54, 1.807) is 0 Å². The van der Waals surface area contributed by atoms with Crippen molar-refractivity contribution in [3.05, 3.63) is 0 Å². The molecule has 1 heterocycles. The molecule has 0 radical (unpaired) electrons. The normalized spacial score (nSPS) is 44.6. The van der Waals surface area contributed by atoms with Crippen LogP contribution in [0.4, 0.5) is 0 Å². The van der Waals surface area contributed by atoms with E-state index in [2.05, 4.69) is 25.7 Å². The zero-order valence-corrected chi connectivity index (χ0v) is 6.02. The maximum absolute atomic E-state index is 2.51. The Balaban J connectivity index is 2.13. The third kappa shape index (κ3) is 0.873. The monoisotopic (exact) mass is 113 g/mol. The molecule has 2 atom stereocenters. The molecule has 1 aliphatic heterocycles. The topological polar surface area (TPSA) is 3.01 Å². The van der Waals surface area contributed by atoms with Gasteiger partial charge in [-0.05, 0) is 26.8 Å². The molecule has 1 saturated heterocycles. The minimum Gasteiger partial charge on any atom is -0.295 e. The zero-order chi connectivity index (χ0) is 6.15. The van der Waals surface area contributed by atoms with Gasteiger partial charge in [-0.2, -0.15) is 0 Å². The lowest BCUT2D eigenvalue weighted by Gasteiger charge is -1.94. The van der Waals surface area contributed by atoms with Crippen LogP contribution in [0.1, 0.15) is 27.2 Å². The fraction of sp³-hybridized carbons (Fsp3) is 1.00. The molecular weight excluding hydrogens is 98.1 g/mol. The van der Waals surface area contributed by atoms with E-state index in [0.29, 0.717) is 0 Å². The first-order valence-electron chi connectivity index (χ1n) is 3.53. The van der Waals surface area contributed by atoms with Gasteiger partial charge in [0.25, 0.3) is 0 Å². The molecule has 1 nitrogen and oxygen atoms in total. The van der Waals surface area contributed by atoms with Gasteiger partial charge in [0.1, 0.15) is 0 Å². The van der Waals surface area contributed by atoms with Gasteiger partial charge < -0.3 is 0 Å². The summed E-state index contributed by atoms with van der Waals surface area (Å²) in [5, 5.41) is 0. The summed E-state index contributed by atoms with van der Waals surface area (Å²) >= 11 is 0. The van der Waals surface area contributed by atoms with E-state index in [0.717, 1.165) is 12.1 Å². The summed E-state index contributed by atoms with van der Waals surface area (Å²) in [6.45, 7) is 8.11. The van der Waals surface area contributed by atoms with Crippen molar-refractivity contribution >= 4 is 0 Å². The van der Waals surface area contributed by atoms with E-state index in [4.69, 9.17) is 0 Å². The number of hydrogen-bond acceptors (Lipinski definition) is 1. The molecule has 0 spiro atoms. The van der Waals surface area contributed by atoms with E-state index in [9.17, 15) is 0 Å². The molecule has 8 heavy (non-hydrogen) atoms. The smallest absolute Gasteiger partial charge is 0.0224 e. The lowest BCUT2D eigenvalue weighted by atomic mass is 10.4. The van der Waals surface area contributed by atoms with Gasteiger partial charge in [0.2, 0.25) is 0 Å². The molecule has 1 heteroatoms. The molecule has 0 aromatic heterocycles. The van der Waals surface area contributed by atoms with Crippen LogP contribution in [0.2, 0.25) is 0 Å². The summed E-state index contributed by atoms with van der Waals surface area (Å²) in [4.78, 5) is 2.51. The third-order valence-electron chi connectivity index (χ3n) is 2.14. The van der Waals surface area contributed by atoms with E-state index in [1.807, 2.05) is 0 Å². The van der Waals surface area contributed by atoms with Crippen LogP contribution in [0.15, 0.2) is 0 Å². The molecule has 48 valence electrons. The Morgan fingerprint density at radius 3 is 1.88 bits per heavy atom. The van der Waals surface area contributed by atoms with Crippen molar-refractivity contribution in [1.29, 1.82) is 0 Å². The van der Waals surface area contributed by atoms with Crippen LogP contribution in [0.25, 0.3) is 0 Å². The summed E-state index contributed by atoms with van der Waals surface area (Å²) in [5.74, 6) is 0. The third-order valence-corrected chi connectivity index (χ3v) is 2.14. The Morgan fingerprint density at radius 1 is 1.25 bits per heavy atom. The van der Waals surface area contributed by atoms with Crippen molar-refractivity contribution in [3.8, 4) is 0 Å². The Hall–Kier alpha value is -0.0400. The van der Waals surface area contributed by atoms with Crippen LogP contribution in [0, 0.1) is 0 Å². The van der Waals surface area contributed by atoms with Crippen LogP contribution in [0.5, 0.6) is 0 Å². The Kier molecular flexibility index (Phi) is 1.57. The van der Waals surface area contributed by atoms with Crippen LogP contribution >= 0.6 is 0 Å². The van der Waals surface area contributed by atoms with Gasteiger partial charge in [-0.3, -0.25) is 4.90 Å². The van der Waals surface area contributed by atoms with E-state index < -0.39 is 0 Å². The second-order valence-electron chi connectivity index (χ2n) is 2.72. The lowest BCUT2D eigenvalue weighted by Crippen LogP contribution is -2.00. The van der Waals surface area contributed by atoms with Gasteiger partial charge in [0.15, 0.2) is 0 Å². The molecule has 0 amide bonds. The number of rotatable bonds is 2. The van der Waals surface area contributed by atoms with Crippen LogP contribution < -0.4 is 0 Å². The lowest BCUT2D eigenvalue weighted by molar-refractivity contribution is 0.489. The Labute approximate surface area is 51.7 Å². The zero-order valence-electron chi connectivity index (χ0n) is 6.02. The minimum atomic E-state index is 0.870. The van der Waals surface area contributed by atoms with E-state index in [-0.39, 0.29) is 0 Å². The highest BCUT2D eigenvalue weighted by atomic mass is 15.3. The predicted molar refractivity (Wildman–Crippen MR) is 35.9 cm³/mol. The minimum absolute atomic E-state index is 0.870. The molecule has 1 fully saturated rings. The van der Waals surface area contributed by atoms with Gasteiger partial charge in [-0.1, -0.05) is 6.92 Å². The van der Waals surface area contributed by atoms with Gasteiger partial charge >= 0.3 is 0 Å². The first-order valence-corrected chi connectivity index (χ1v) is 3.53. The quantitative estimate of drug-likeness (QED) is 0.490. The second kappa shape index (κ2) is 2.06. The van der Waals surface area contributed by atoms with Crippen molar-refractivity contribution in [2.24, 2.45) is 0 Å². The number of hydrogen-bond donors (Lipinski definition) is 0. The average Bonchev–Trinajstić information content (AvgIpc) is 2.25. The molecule has 1 aliphatic rings. The summed E-state index contributed by atoms with van der Waals surface area (Å²) in [6, 6.07) is 1.74. The first-order chi connectivity index (χ1) is 3.77. The molecule has 0 saturated carbocycles. The highest BCUT2D eigenvalue weighted by Gasteiger charge is 2.38. The van der Waals surface area contributed by atoms with Crippen LogP contribution in [-0.4, -0.2) is 23.5 Å². The van der Waals surface area contributed by atoms with E-state index in [1.165, 1.54) is 13.0 Å². The van der Waals surface area contributed by atoms with Crippen molar-refractivity contribution in [2.45, 2.75) is 39.3 Å². The van der Waals surface area contributed by atoms with Crippen molar-refractivity contribution < 1.29 is 0 Å². The fourth-order valence-corrected chi connectivity index (χ4v) is 1.24. The van der Waals surface area contributed by atoms with Gasteiger partial charge in [-0.25, -0.2) is 0 Å². The van der Waals surface area contributed by atoms with E-state index >= 15 is 0 Å². The van der Waals surface area contributed by atoms with Crippen molar-refractivity contribution in [3.63, 3.8) is 0 Å². The fourth-order valence-electron chi connectivity index (χ4n) is 1.24. The molecule has 0 bridgehead atoms. The van der Waals surface area contributed by atoms with Crippen LogP contribution in [0.3, 0.4) is 0 Å². The largest absolute Gasteiger partial charge is 0.295 e. The average molecular weight is 113 g/mol. The molecule has 0 aromatic carbocycles. The van der Waals surface area contributed by atoms with Crippen molar-refractivity contribution in [1.82, 2.24) is 4.90 Å². The van der Waals surface area contributed by atoms with Crippen molar-refractivity contribution in [2.75, 3.05) is 6.54 Å². The first kappa shape index (κ1) is 6.09. The maximum Gasteiger partial charge on any atom is 0.0224 e. The second-order valence-corrected chi connectivity index (χ2v) is 2.72. The molecule has 0 aromatic rings. The Bertz CT molecular complexity index is 72.5. The molecule has 2 unspecified atom stereocenters. The summed E-state index contributed by atoms with van der Waals surface area (Å²) in [5.41, 5.74) is 0. The standard InChI is InChI=1S/C7H15N/c1-4-5-8-6(2)7(8)3/h6-7H,4-5H2,1-3H3. The van der Waals surface area contributed by atoms with Gasteiger partial charge in [0, 0.05) is 12.1 Å². The molecular formula is C7H15N. The summed E-state index contributed by atoms with van der Waals surface area (Å²) in [7, 11) is 0. The summed E-state index contributed by atoms with van der Waals surface area (Å²) < 4.78 is 0. The molecule has 1 rings (SSSR count). The predicted octanol–water partition coefficient (Wildman–Crippen LogP) is 1.49. The van der Waals surface area contributed by atoms with Crippen LogP contribution in [-0.2, 0) is 0 Å². The Morgan fingerprint density at radius 2 is 1.75 bits per heavy atom. The molecule has 0 N–H and O–H groups in total.